The maximum atomic E-state index is 11.8. The predicted octanol–water partition coefficient (Wildman–Crippen LogP) is -0.107. The van der Waals surface area contributed by atoms with Gasteiger partial charge in [-0.25, -0.2) is 0 Å². The van der Waals surface area contributed by atoms with Gasteiger partial charge in [0.05, 0.1) is 12.0 Å². The number of amides is 1. The molecule has 0 aliphatic carbocycles. The van der Waals surface area contributed by atoms with E-state index in [2.05, 4.69) is 5.32 Å². The van der Waals surface area contributed by atoms with Gasteiger partial charge < -0.3 is 20.5 Å². The van der Waals surface area contributed by atoms with E-state index in [1.165, 1.54) is 0 Å². The van der Waals surface area contributed by atoms with Gasteiger partial charge in [-0.15, -0.1) is 0 Å². The van der Waals surface area contributed by atoms with Gasteiger partial charge in [0, 0.05) is 33.2 Å². The smallest absolute Gasteiger partial charge is 0.227 e. The second-order valence-electron chi connectivity index (χ2n) is 4.96. The summed E-state index contributed by atoms with van der Waals surface area (Å²) in [5, 5.41) is 2.88. The summed E-state index contributed by atoms with van der Waals surface area (Å²) >= 11 is 0. The fourth-order valence-electron chi connectivity index (χ4n) is 1.53. The van der Waals surface area contributed by atoms with Gasteiger partial charge in [-0.05, 0) is 13.8 Å². The Balaban J connectivity index is 2.47. The van der Waals surface area contributed by atoms with Gasteiger partial charge in [-0.2, -0.15) is 0 Å². The topological polar surface area (TPSA) is 73.6 Å². The summed E-state index contributed by atoms with van der Waals surface area (Å²) in [7, 11) is 1.65. The van der Waals surface area contributed by atoms with Crippen molar-refractivity contribution in [2.75, 3.05) is 33.4 Å². The maximum Gasteiger partial charge on any atom is 0.227 e. The third-order valence-electron chi connectivity index (χ3n) is 3.20. The number of carbonyl (C=O) groups excluding carboxylic acids is 1. The molecule has 0 bridgehead atoms. The van der Waals surface area contributed by atoms with Crippen LogP contribution in [0.1, 0.15) is 20.3 Å². The van der Waals surface area contributed by atoms with Crippen molar-refractivity contribution < 1.29 is 14.3 Å². The Morgan fingerprint density at radius 1 is 1.62 bits per heavy atom. The lowest BCUT2D eigenvalue weighted by Crippen LogP contribution is -2.49. The molecule has 0 aromatic rings. The van der Waals surface area contributed by atoms with Crippen molar-refractivity contribution in [3.05, 3.63) is 0 Å². The van der Waals surface area contributed by atoms with Gasteiger partial charge >= 0.3 is 0 Å². The zero-order valence-corrected chi connectivity index (χ0v) is 10.3. The predicted molar refractivity (Wildman–Crippen MR) is 61.0 cm³/mol. The minimum Gasteiger partial charge on any atom is -0.378 e. The molecule has 0 aromatic carbocycles. The van der Waals surface area contributed by atoms with Crippen LogP contribution in [0.3, 0.4) is 0 Å². The lowest BCUT2D eigenvalue weighted by Gasteiger charge is -2.28. The first-order chi connectivity index (χ1) is 7.46. The molecule has 1 aliphatic heterocycles. The summed E-state index contributed by atoms with van der Waals surface area (Å²) in [4.78, 5) is 11.8. The van der Waals surface area contributed by atoms with Gasteiger partial charge in [0.1, 0.15) is 5.60 Å². The lowest BCUT2D eigenvalue weighted by molar-refractivity contribution is -0.130. The molecule has 0 radical (unpaired) electrons. The highest BCUT2D eigenvalue weighted by Crippen LogP contribution is 2.22. The quantitative estimate of drug-likeness (QED) is 0.691. The Kier molecular flexibility index (Phi) is 4.29. The molecule has 1 saturated heterocycles. The standard InChI is InChI=1S/C11H22N2O3/c1-10(2,6-12)9(14)13-7-11(15-3)4-5-16-8-11/h4-8,12H2,1-3H3,(H,13,14). The largest absolute Gasteiger partial charge is 0.378 e. The highest BCUT2D eigenvalue weighted by Gasteiger charge is 2.36. The van der Waals surface area contributed by atoms with Gasteiger partial charge in [0.25, 0.3) is 0 Å². The second-order valence-corrected chi connectivity index (χ2v) is 4.96. The van der Waals surface area contributed by atoms with E-state index in [0.717, 1.165) is 6.42 Å². The maximum absolute atomic E-state index is 11.8. The fourth-order valence-corrected chi connectivity index (χ4v) is 1.53. The van der Waals surface area contributed by atoms with Gasteiger partial charge in [0.2, 0.25) is 5.91 Å². The Labute approximate surface area is 96.7 Å². The summed E-state index contributed by atoms with van der Waals surface area (Å²) in [6, 6.07) is 0. The molecule has 16 heavy (non-hydrogen) atoms. The number of methoxy groups -OCH3 is 1. The molecule has 1 unspecified atom stereocenters. The van der Waals surface area contributed by atoms with Crippen molar-refractivity contribution in [1.82, 2.24) is 5.32 Å². The van der Waals surface area contributed by atoms with Crippen molar-refractivity contribution in [2.45, 2.75) is 25.9 Å². The van der Waals surface area contributed by atoms with Crippen LogP contribution in [-0.2, 0) is 14.3 Å². The third kappa shape index (κ3) is 2.93. The van der Waals surface area contributed by atoms with E-state index in [4.69, 9.17) is 15.2 Å². The van der Waals surface area contributed by atoms with E-state index >= 15 is 0 Å². The van der Waals surface area contributed by atoms with Crippen molar-refractivity contribution in [1.29, 1.82) is 0 Å². The average Bonchev–Trinajstić information content (AvgIpc) is 2.75. The van der Waals surface area contributed by atoms with Crippen LogP contribution in [0.2, 0.25) is 0 Å². The first-order valence-electron chi connectivity index (χ1n) is 5.57. The highest BCUT2D eigenvalue weighted by atomic mass is 16.5. The zero-order chi connectivity index (χ0) is 12.2. The number of hydrogen-bond donors (Lipinski definition) is 2. The summed E-state index contributed by atoms with van der Waals surface area (Å²) in [6.07, 6.45) is 0.812. The van der Waals surface area contributed by atoms with Gasteiger partial charge in [-0.1, -0.05) is 0 Å². The van der Waals surface area contributed by atoms with E-state index in [0.29, 0.717) is 26.3 Å². The molecule has 0 aromatic heterocycles. The SMILES string of the molecule is COC1(CNC(=O)C(C)(C)CN)CCOC1. The first-order valence-corrected chi connectivity index (χ1v) is 5.57. The molecule has 0 saturated carbocycles. The van der Waals surface area contributed by atoms with Crippen LogP contribution in [0.15, 0.2) is 0 Å². The molecule has 3 N–H and O–H groups in total. The van der Waals surface area contributed by atoms with E-state index in [1.54, 1.807) is 7.11 Å². The number of ether oxygens (including phenoxy) is 2. The molecular weight excluding hydrogens is 208 g/mol. The lowest BCUT2D eigenvalue weighted by atomic mass is 9.92. The highest BCUT2D eigenvalue weighted by molar-refractivity contribution is 5.82. The van der Waals surface area contributed by atoms with Crippen LogP contribution in [0.25, 0.3) is 0 Å². The molecule has 5 heteroatoms. The number of nitrogens with two attached hydrogens (primary N) is 1. The second kappa shape index (κ2) is 5.12. The molecule has 0 spiro atoms. The zero-order valence-electron chi connectivity index (χ0n) is 10.3. The number of nitrogens with one attached hydrogen (secondary N) is 1. The molecule has 1 aliphatic rings. The Morgan fingerprint density at radius 3 is 2.75 bits per heavy atom. The van der Waals surface area contributed by atoms with Crippen LogP contribution in [-0.4, -0.2) is 44.9 Å². The molecule has 94 valence electrons. The van der Waals surface area contributed by atoms with E-state index in [-0.39, 0.29) is 11.5 Å². The molecule has 1 heterocycles. The number of carbonyl (C=O) groups is 1. The molecular formula is C11H22N2O3. The van der Waals surface area contributed by atoms with Crippen molar-refractivity contribution in [2.24, 2.45) is 11.1 Å². The molecule has 1 amide bonds. The van der Waals surface area contributed by atoms with Gasteiger partial charge in [-0.3, -0.25) is 4.79 Å². The van der Waals surface area contributed by atoms with Crippen LogP contribution >= 0.6 is 0 Å². The molecule has 1 atom stereocenters. The van der Waals surface area contributed by atoms with Crippen LogP contribution in [0.5, 0.6) is 0 Å². The van der Waals surface area contributed by atoms with Crippen molar-refractivity contribution >= 4 is 5.91 Å². The van der Waals surface area contributed by atoms with Crippen molar-refractivity contribution in [3.63, 3.8) is 0 Å². The molecule has 1 rings (SSSR count). The summed E-state index contributed by atoms with van der Waals surface area (Å²) in [6.45, 7) is 5.68. The van der Waals surface area contributed by atoms with Gasteiger partial charge in [0.15, 0.2) is 0 Å². The normalized spacial score (nSPS) is 25.8. The third-order valence-corrected chi connectivity index (χ3v) is 3.20. The Bertz CT molecular complexity index is 248. The summed E-state index contributed by atoms with van der Waals surface area (Å²) < 4.78 is 10.7. The summed E-state index contributed by atoms with van der Waals surface area (Å²) in [5.74, 6) is -0.0432. The van der Waals surface area contributed by atoms with Crippen molar-refractivity contribution in [3.8, 4) is 0 Å². The van der Waals surface area contributed by atoms with Crippen LogP contribution < -0.4 is 11.1 Å². The molecule has 5 nitrogen and oxygen atoms in total. The van der Waals surface area contributed by atoms with Crippen LogP contribution in [0.4, 0.5) is 0 Å². The van der Waals surface area contributed by atoms with E-state index in [9.17, 15) is 4.79 Å². The average molecular weight is 230 g/mol. The monoisotopic (exact) mass is 230 g/mol. The van der Waals surface area contributed by atoms with E-state index < -0.39 is 5.41 Å². The number of hydrogen-bond acceptors (Lipinski definition) is 4. The Hall–Kier alpha value is -0.650. The Morgan fingerprint density at radius 2 is 2.31 bits per heavy atom. The molecule has 1 fully saturated rings. The fraction of sp³-hybridized carbons (Fsp3) is 0.909. The van der Waals surface area contributed by atoms with E-state index in [1.807, 2.05) is 13.8 Å². The summed E-state index contributed by atoms with van der Waals surface area (Å²) in [5.41, 5.74) is 4.65. The number of rotatable bonds is 5. The minimum atomic E-state index is -0.533. The minimum absolute atomic E-state index is 0.0432. The first kappa shape index (κ1) is 13.4. The van der Waals surface area contributed by atoms with Crippen LogP contribution in [0, 0.1) is 5.41 Å².